The van der Waals surface area contributed by atoms with Crippen LogP contribution in [0.2, 0.25) is 0 Å². The van der Waals surface area contributed by atoms with Crippen LogP contribution in [0.3, 0.4) is 0 Å². The van der Waals surface area contributed by atoms with Crippen LogP contribution in [0.15, 0.2) is 55.1 Å². The van der Waals surface area contributed by atoms with E-state index in [1.807, 2.05) is 12.1 Å². The van der Waals surface area contributed by atoms with Gasteiger partial charge in [-0.05, 0) is 53.3 Å². The van der Waals surface area contributed by atoms with Gasteiger partial charge in [-0.3, -0.25) is 0 Å². The van der Waals surface area contributed by atoms with E-state index < -0.39 is 0 Å². The Balaban J connectivity index is 2.04. The molecule has 2 aromatic carbocycles. The van der Waals surface area contributed by atoms with Crippen molar-refractivity contribution < 1.29 is 0 Å². The van der Waals surface area contributed by atoms with Gasteiger partial charge in [-0.25, -0.2) is 0 Å². The predicted octanol–water partition coefficient (Wildman–Crippen LogP) is 5.05. The average Bonchev–Trinajstić information content (AvgIpc) is 2.91. The fourth-order valence-electron chi connectivity index (χ4n) is 3.15. The van der Waals surface area contributed by atoms with Gasteiger partial charge in [-0.15, -0.1) is 0 Å². The number of nitrogen functional groups attached to an aromatic ring is 1. The molecule has 2 N–H and O–H groups in total. The summed E-state index contributed by atoms with van der Waals surface area (Å²) in [6.07, 6.45) is 3.38. The highest BCUT2D eigenvalue weighted by Crippen LogP contribution is 2.41. The van der Waals surface area contributed by atoms with Crippen molar-refractivity contribution in [3.05, 3.63) is 77.4 Å². The standard InChI is InChI=1S/C20H21N/c1-13(2)18-6-4-5-16-9-12-19(20(16)18)14(3)15-7-10-17(21)11-8-15/h4-8,10-12,14H,1,9,21H2,2-3H3. The Bertz CT molecular complexity index is 720. The molecule has 0 bridgehead atoms. The summed E-state index contributed by atoms with van der Waals surface area (Å²) in [5.41, 5.74) is 14.5. The first-order valence-electron chi connectivity index (χ1n) is 7.41. The molecule has 106 valence electrons. The van der Waals surface area contributed by atoms with Gasteiger partial charge in [0.15, 0.2) is 0 Å². The van der Waals surface area contributed by atoms with Crippen LogP contribution in [0.25, 0.3) is 11.1 Å². The highest BCUT2D eigenvalue weighted by atomic mass is 14.5. The molecule has 2 aromatic rings. The molecule has 0 spiro atoms. The Morgan fingerprint density at radius 1 is 1.14 bits per heavy atom. The van der Waals surface area contributed by atoms with Gasteiger partial charge in [-0.2, -0.15) is 0 Å². The molecule has 3 rings (SSSR count). The molecule has 0 saturated heterocycles. The summed E-state index contributed by atoms with van der Waals surface area (Å²) in [6, 6.07) is 14.7. The van der Waals surface area contributed by atoms with Crippen LogP contribution in [-0.4, -0.2) is 0 Å². The van der Waals surface area contributed by atoms with Gasteiger partial charge in [0.2, 0.25) is 0 Å². The molecule has 1 aliphatic carbocycles. The van der Waals surface area contributed by atoms with E-state index in [4.69, 9.17) is 5.73 Å². The summed E-state index contributed by atoms with van der Waals surface area (Å²) in [5.74, 6) is 0.368. The van der Waals surface area contributed by atoms with Gasteiger partial charge < -0.3 is 5.73 Å². The quantitative estimate of drug-likeness (QED) is 0.780. The van der Waals surface area contributed by atoms with Gasteiger partial charge in [0, 0.05) is 11.6 Å². The highest BCUT2D eigenvalue weighted by Gasteiger charge is 2.23. The molecule has 0 radical (unpaired) electrons. The van der Waals surface area contributed by atoms with E-state index >= 15 is 0 Å². The summed E-state index contributed by atoms with van der Waals surface area (Å²) in [6.45, 7) is 8.49. The van der Waals surface area contributed by atoms with Crippen molar-refractivity contribution in [2.24, 2.45) is 0 Å². The Morgan fingerprint density at radius 3 is 2.52 bits per heavy atom. The van der Waals surface area contributed by atoms with Crippen LogP contribution in [-0.2, 0) is 6.42 Å². The molecule has 0 saturated carbocycles. The van der Waals surface area contributed by atoms with E-state index in [9.17, 15) is 0 Å². The van der Waals surface area contributed by atoms with Crippen molar-refractivity contribution in [2.75, 3.05) is 5.73 Å². The minimum Gasteiger partial charge on any atom is -0.399 e. The number of nitrogens with two attached hydrogens (primary N) is 1. The monoisotopic (exact) mass is 275 g/mol. The lowest BCUT2D eigenvalue weighted by Crippen LogP contribution is -2.00. The topological polar surface area (TPSA) is 26.0 Å². The van der Waals surface area contributed by atoms with Gasteiger partial charge in [0.1, 0.15) is 0 Å². The maximum Gasteiger partial charge on any atom is 0.0314 e. The maximum absolute atomic E-state index is 5.79. The molecule has 21 heavy (non-hydrogen) atoms. The lowest BCUT2D eigenvalue weighted by Gasteiger charge is -2.19. The minimum atomic E-state index is 0.368. The molecule has 0 fully saturated rings. The van der Waals surface area contributed by atoms with Crippen LogP contribution >= 0.6 is 0 Å². The van der Waals surface area contributed by atoms with Crippen LogP contribution in [0.5, 0.6) is 0 Å². The second kappa shape index (κ2) is 5.25. The number of hydrogen-bond donors (Lipinski definition) is 1. The van der Waals surface area contributed by atoms with E-state index in [1.54, 1.807) is 0 Å². The second-order valence-electron chi connectivity index (χ2n) is 5.87. The third-order valence-corrected chi connectivity index (χ3v) is 4.34. The zero-order chi connectivity index (χ0) is 15.0. The van der Waals surface area contributed by atoms with Crippen LogP contribution in [0, 0.1) is 0 Å². The smallest absolute Gasteiger partial charge is 0.0314 e. The highest BCUT2D eigenvalue weighted by molar-refractivity contribution is 5.85. The molecule has 0 aromatic heterocycles. The van der Waals surface area contributed by atoms with Gasteiger partial charge >= 0.3 is 0 Å². The van der Waals surface area contributed by atoms with Crippen molar-refractivity contribution in [1.29, 1.82) is 0 Å². The first kappa shape index (κ1) is 13.7. The van der Waals surface area contributed by atoms with Crippen molar-refractivity contribution in [1.82, 2.24) is 0 Å². The van der Waals surface area contributed by atoms with Crippen molar-refractivity contribution in [3.63, 3.8) is 0 Å². The largest absolute Gasteiger partial charge is 0.399 e. The van der Waals surface area contributed by atoms with Crippen LogP contribution in [0.4, 0.5) is 5.69 Å². The lowest BCUT2D eigenvalue weighted by atomic mass is 9.85. The molecule has 1 nitrogen and oxygen atoms in total. The Hall–Kier alpha value is -2.28. The first-order valence-corrected chi connectivity index (χ1v) is 7.41. The second-order valence-corrected chi connectivity index (χ2v) is 5.87. The zero-order valence-electron chi connectivity index (χ0n) is 12.7. The molecular formula is C20H21N. The molecule has 0 heterocycles. The summed E-state index contributed by atoms with van der Waals surface area (Å²) in [7, 11) is 0. The normalized spacial score (nSPS) is 14.5. The van der Waals surface area contributed by atoms with Gasteiger partial charge in [0.05, 0.1) is 0 Å². The van der Waals surface area contributed by atoms with Crippen molar-refractivity contribution in [2.45, 2.75) is 26.2 Å². The molecule has 1 aliphatic rings. The summed E-state index contributed by atoms with van der Waals surface area (Å²) >= 11 is 0. The fraction of sp³-hybridized carbons (Fsp3) is 0.200. The number of anilines is 1. The number of allylic oxidation sites excluding steroid dienone is 3. The van der Waals surface area contributed by atoms with Crippen LogP contribution < -0.4 is 5.73 Å². The van der Waals surface area contributed by atoms with E-state index in [2.05, 4.69) is 56.8 Å². The first-order chi connectivity index (χ1) is 10.1. The van der Waals surface area contributed by atoms with E-state index in [-0.39, 0.29) is 0 Å². The van der Waals surface area contributed by atoms with Gasteiger partial charge in [0.25, 0.3) is 0 Å². The SMILES string of the molecule is C=C(C)c1cccc2c1C(C(C)c1ccc(N)cc1)=CC2. The summed E-state index contributed by atoms with van der Waals surface area (Å²) < 4.78 is 0. The third-order valence-electron chi connectivity index (χ3n) is 4.34. The number of fused-ring (bicyclic) bond motifs is 1. The third kappa shape index (κ3) is 2.40. The van der Waals surface area contributed by atoms with Gasteiger partial charge in [-0.1, -0.05) is 55.5 Å². The Morgan fingerprint density at radius 2 is 1.86 bits per heavy atom. The van der Waals surface area contributed by atoms with Crippen molar-refractivity contribution in [3.8, 4) is 0 Å². The average molecular weight is 275 g/mol. The van der Waals surface area contributed by atoms with E-state index in [1.165, 1.54) is 27.8 Å². The Labute approximate surface area is 126 Å². The molecular weight excluding hydrogens is 254 g/mol. The number of hydrogen-bond acceptors (Lipinski definition) is 1. The molecule has 1 unspecified atom stereocenters. The molecule has 1 heteroatoms. The number of rotatable bonds is 3. The molecule has 1 atom stereocenters. The fourth-order valence-corrected chi connectivity index (χ4v) is 3.15. The van der Waals surface area contributed by atoms with E-state index in [0.29, 0.717) is 5.92 Å². The van der Waals surface area contributed by atoms with E-state index in [0.717, 1.165) is 17.7 Å². The van der Waals surface area contributed by atoms with Crippen molar-refractivity contribution >= 4 is 16.8 Å². The molecule has 0 aliphatic heterocycles. The zero-order valence-corrected chi connectivity index (χ0v) is 12.7. The summed E-state index contributed by atoms with van der Waals surface area (Å²) in [4.78, 5) is 0. The molecule has 0 amide bonds. The lowest BCUT2D eigenvalue weighted by molar-refractivity contribution is 0.991. The number of benzene rings is 2. The maximum atomic E-state index is 5.79. The van der Waals surface area contributed by atoms with Crippen LogP contribution in [0.1, 0.15) is 42.0 Å². The Kier molecular flexibility index (Phi) is 3.42. The predicted molar refractivity (Wildman–Crippen MR) is 92.1 cm³/mol. The minimum absolute atomic E-state index is 0.368. The summed E-state index contributed by atoms with van der Waals surface area (Å²) in [5, 5.41) is 0.